The molecule has 0 heterocycles. The molecule has 0 aliphatic carbocycles. The zero-order chi connectivity index (χ0) is 8.15. The number of hydrogen-bond acceptors (Lipinski definition) is 5. The molecule has 0 aromatic carbocycles. The smallest absolute Gasteiger partial charge is 0.550 e. The van der Waals surface area contributed by atoms with Crippen molar-refractivity contribution in [1.29, 1.82) is 0 Å². The molecule has 0 saturated carbocycles. The van der Waals surface area contributed by atoms with E-state index in [-0.39, 0.29) is 18.9 Å². The van der Waals surface area contributed by atoms with E-state index in [2.05, 4.69) is 0 Å². The number of aliphatic hydroxyl groups is 3. The molecule has 0 aliphatic heterocycles. The van der Waals surface area contributed by atoms with Gasteiger partial charge in [-0.15, -0.1) is 0 Å². The van der Waals surface area contributed by atoms with Crippen molar-refractivity contribution in [2.75, 3.05) is 6.61 Å². The molecule has 0 bridgehead atoms. The van der Waals surface area contributed by atoms with Crippen molar-refractivity contribution in [1.82, 2.24) is 0 Å². The van der Waals surface area contributed by atoms with E-state index in [1.807, 2.05) is 0 Å². The van der Waals surface area contributed by atoms with Gasteiger partial charge in [-0.05, 0) is 0 Å². The molecule has 6 heteroatoms. The van der Waals surface area contributed by atoms with Crippen LogP contribution in [0, 0.1) is 0 Å². The van der Waals surface area contributed by atoms with Gasteiger partial charge in [0.2, 0.25) is 0 Å². The Morgan fingerprint density at radius 3 is 2.09 bits per heavy atom. The first-order valence-electron chi connectivity index (χ1n) is 2.74. The fraction of sp³-hybridized carbons (Fsp3) is 0.800. The Bertz CT molecular complexity index is 117. The molecule has 0 aromatic heterocycles. The van der Waals surface area contributed by atoms with Gasteiger partial charge >= 0.3 is 18.9 Å². The Morgan fingerprint density at radius 2 is 1.82 bits per heavy atom. The summed E-state index contributed by atoms with van der Waals surface area (Å²) >= 11 is 0. The predicted molar refractivity (Wildman–Crippen MR) is 28.7 cm³/mol. The van der Waals surface area contributed by atoms with Crippen LogP contribution >= 0.6 is 0 Å². The molecule has 0 aromatic rings. The number of hydrogen-bond donors (Lipinski definition) is 3. The summed E-state index contributed by atoms with van der Waals surface area (Å²) in [5.74, 6) is -1.46. The maximum atomic E-state index is 9.77. The van der Waals surface area contributed by atoms with Gasteiger partial charge in [-0.1, -0.05) is 0 Å². The minimum absolute atomic E-state index is 0. The van der Waals surface area contributed by atoms with E-state index in [9.17, 15) is 9.90 Å². The third kappa shape index (κ3) is 6.35. The monoisotopic (exact) mass is 156 g/mol. The van der Waals surface area contributed by atoms with Crippen LogP contribution in [0.5, 0.6) is 0 Å². The number of carbonyl (C=O) groups is 1. The van der Waals surface area contributed by atoms with Gasteiger partial charge in [0.15, 0.2) is 0 Å². The SMILES string of the molecule is O=C([O-])C[C@H](O)[C@H](O)CO.[Li+]. The van der Waals surface area contributed by atoms with Crippen molar-refractivity contribution in [3.63, 3.8) is 0 Å². The van der Waals surface area contributed by atoms with E-state index < -0.39 is 31.2 Å². The largest absolute Gasteiger partial charge is 1.00 e. The predicted octanol–water partition coefficient (Wildman–Crippen LogP) is -6.16. The number of rotatable bonds is 4. The second-order valence-corrected chi connectivity index (χ2v) is 1.89. The van der Waals surface area contributed by atoms with Gasteiger partial charge in [0, 0.05) is 12.4 Å². The molecule has 60 valence electrons. The quantitative estimate of drug-likeness (QED) is 0.351. The average molecular weight is 156 g/mol. The van der Waals surface area contributed by atoms with Crippen LogP contribution in [0.3, 0.4) is 0 Å². The van der Waals surface area contributed by atoms with Crippen molar-refractivity contribution < 1.29 is 44.1 Å². The van der Waals surface area contributed by atoms with Crippen LogP contribution in [0.15, 0.2) is 0 Å². The van der Waals surface area contributed by atoms with Crippen LogP contribution in [-0.4, -0.2) is 40.1 Å². The standard InChI is InChI=1S/C5H10O5.Li/c6-2-4(8)3(7)1-5(9)10;/h3-4,6-8H,1-2H2,(H,9,10);/q;+1/p-1/t3-,4+;/m0./s1. The van der Waals surface area contributed by atoms with E-state index in [1.165, 1.54) is 0 Å². The summed E-state index contributed by atoms with van der Waals surface area (Å²) in [6.45, 7) is -0.658. The maximum Gasteiger partial charge on any atom is 1.00 e. The number of carbonyl (C=O) groups excluding carboxylic acids is 1. The summed E-state index contributed by atoms with van der Waals surface area (Å²) in [5, 5.41) is 35.2. The number of aliphatic carboxylic acids is 1. The Kier molecular flexibility index (Phi) is 8.17. The van der Waals surface area contributed by atoms with E-state index in [0.29, 0.717) is 0 Å². The maximum absolute atomic E-state index is 9.77. The Hall–Kier alpha value is -0.0526. The minimum Gasteiger partial charge on any atom is -0.550 e. The Morgan fingerprint density at radius 1 is 1.36 bits per heavy atom. The van der Waals surface area contributed by atoms with Crippen molar-refractivity contribution in [3.05, 3.63) is 0 Å². The van der Waals surface area contributed by atoms with Crippen molar-refractivity contribution in [3.8, 4) is 0 Å². The van der Waals surface area contributed by atoms with Gasteiger partial charge in [-0.2, -0.15) is 0 Å². The molecule has 5 nitrogen and oxygen atoms in total. The first-order chi connectivity index (χ1) is 4.57. The van der Waals surface area contributed by atoms with Gasteiger partial charge in [0.05, 0.1) is 12.7 Å². The van der Waals surface area contributed by atoms with Crippen LogP contribution in [0.25, 0.3) is 0 Å². The summed E-state index contributed by atoms with van der Waals surface area (Å²) in [5.41, 5.74) is 0. The molecule has 0 radical (unpaired) electrons. The molecule has 0 amide bonds. The van der Waals surface area contributed by atoms with Gasteiger partial charge in [0.25, 0.3) is 0 Å². The van der Waals surface area contributed by atoms with Gasteiger partial charge in [0.1, 0.15) is 6.10 Å². The summed E-state index contributed by atoms with van der Waals surface area (Å²) in [4.78, 5) is 9.77. The fourth-order valence-corrected chi connectivity index (χ4v) is 0.428. The number of carboxylic acid groups (broad SMARTS) is 1. The molecule has 2 atom stereocenters. The fourth-order valence-electron chi connectivity index (χ4n) is 0.428. The molecule has 0 spiro atoms. The van der Waals surface area contributed by atoms with Gasteiger partial charge < -0.3 is 25.2 Å². The van der Waals surface area contributed by atoms with Gasteiger partial charge in [-0.25, -0.2) is 0 Å². The Labute approximate surface area is 75.8 Å². The second-order valence-electron chi connectivity index (χ2n) is 1.89. The van der Waals surface area contributed by atoms with Crippen LogP contribution < -0.4 is 24.0 Å². The molecule has 0 rings (SSSR count). The number of carboxylic acids is 1. The summed E-state index contributed by atoms with van der Waals surface area (Å²) in [6.07, 6.45) is -3.52. The van der Waals surface area contributed by atoms with Crippen molar-refractivity contribution in [2.24, 2.45) is 0 Å². The van der Waals surface area contributed by atoms with Crippen LogP contribution in [-0.2, 0) is 4.79 Å². The van der Waals surface area contributed by atoms with Crippen LogP contribution in [0.2, 0.25) is 0 Å². The molecule has 0 fully saturated rings. The second kappa shape index (κ2) is 6.64. The molecule has 11 heavy (non-hydrogen) atoms. The summed E-state index contributed by atoms with van der Waals surface area (Å²) in [7, 11) is 0. The van der Waals surface area contributed by atoms with Crippen molar-refractivity contribution in [2.45, 2.75) is 18.6 Å². The molecule has 0 unspecified atom stereocenters. The van der Waals surface area contributed by atoms with Crippen molar-refractivity contribution >= 4 is 5.97 Å². The number of aliphatic hydroxyl groups excluding tert-OH is 3. The van der Waals surface area contributed by atoms with Gasteiger partial charge in [-0.3, -0.25) is 0 Å². The molecular formula is C5H9LiO5. The third-order valence-corrected chi connectivity index (χ3v) is 1.01. The van der Waals surface area contributed by atoms with Crippen LogP contribution in [0.1, 0.15) is 6.42 Å². The third-order valence-electron chi connectivity index (χ3n) is 1.01. The first kappa shape index (κ1) is 13.5. The van der Waals surface area contributed by atoms with Crippen LogP contribution in [0.4, 0.5) is 0 Å². The zero-order valence-corrected chi connectivity index (χ0v) is 6.23. The molecular weight excluding hydrogens is 147 g/mol. The van der Waals surface area contributed by atoms with E-state index in [4.69, 9.17) is 15.3 Å². The topological polar surface area (TPSA) is 101 Å². The molecule has 0 saturated heterocycles. The average Bonchev–Trinajstić information content (AvgIpc) is 1.85. The minimum atomic E-state index is -1.46. The zero-order valence-electron chi connectivity index (χ0n) is 6.23. The van der Waals surface area contributed by atoms with E-state index in [0.717, 1.165) is 0 Å². The summed E-state index contributed by atoms with van der Waals surface area (Å²) < 4.78 is 0. The molecule has 3 N–H and O–H groups in total. The summed E-state index contributed by atoms with van der Waals surface area (Å²) in [6, 6.07) is 0. The van der Waals surface area contributed by atoms with E-state index in [1.54, 1.807) is 0 Å². The van der Waals surface area contributed by atoms with E-state index >= 15 is 0 Å². The normalized spacial score (nSPS) is 14.8. The first-order valence-corrected chi connectivity index (χ1v) is 2.74. The Balaban J connectivity index is 0. The molecule has 0 aliphatic rings.